The van der Waals surface area contributed by atoms with Gasteiger partial charge in [0.1, 0.15) is 11.5 Å². The molecule has 0 spiro atoms. The molecule has 4 atom stereocenters. The zero-order chi connectivity index (χ0) is 25.8. The van der Waals surface area contributed by atoms with Crippen LogP contribution in [0.5, 0.6) is 11.5 Å². The average molecular weight is 570 g/mol. The van der Waals surface area contributed by atoms with Gasteiger partial charge in [0.05, 0.1) is 47.9 Å². The molecule has 11 heteroatoms. The van der Waals surface area contributed by atoms with Gasteiger partial charge < -0.3 is 35.0 Å². The highest BCUT2D eigenvalue weighted by atomic mass is 35.5. The van der Waals surface area contributed by atoms with Gasteiger partial charge in [-0.1, -0.05) is 6.07 Å². The van der Waals surface area contributed by atoms with E-state index in [1.54, 1.807) is 29.2 Å². The minimum Gasteiger partial charge on any atom is -0.457 e. The van der Waals surface area contributed by atoms with Crippen molar-refractivity contribution in [2.45, 2.75) is 24.4 Å². The van der Waals surface area contributed by atoms with Gasteiger partial charge >= 0.3 is 0 Å². The Labute approximate surface area is 226 Å². The second-order valence-electron chi connectivity index (χ2n) is 8.14. The minimum atomic E-state index is -0.770. The number of aliphatic hydroxyl groups is 4. The number of hydrogen-bond acceptors (Lipinski definition) is 7. The van der Waals surface area contributed by atoms with Crippen molar-refractivity contribution in [3.05, 3.63) is 48.5 Å². The van der Waals surface area contributed by atoms with Crippen LogP contribution in [0.25, 0.3) is 0 Å². The van der Waals surface area contributed by atoms with Crippen molar-refractivity contribution in [1.29, 1.82) is 0 Å². The van der Waals surface area contributed by atoms with Crippen molar-refractivity contribution in [3.63, 3.8) is 0 Å². The number of rotatable bonds is 16. The van der Waals surface area contributed by atoms with Crippen LogP contribution >= 0.6 is 46.4 Å². The molecule has 0 aliphatic rings. The molecule has 196 valence electrons. The predicted molar refractivity (Wildman–Crippen MR) is 144 cm³/mol. The third kappa shape index (κ3) is 10.4. The first-order chi connectivity index (χ1) is 16.8. The van der Waals surface area contributed by atoms with Gasteiger partial charge in [-0.2, -0.15) is 0 Å². The highest BCUT2D eigenvalue weighted by molar-refractivity contribution is 6.18. The molecule has 0 bridgehead atoms. The largest absolute Gasteiger partial charge is 0.457 e. The minimum absolute atomic E-state index is 0.0663. The van der Waals surface area contributed by atoms with E-state index in [0.717, 1.165) is 11.4 Å². The summed E-state index contributed by atoms with van der Waals surface area (Å²) in [5.41, 5.74) is 1.51. The van der Waals surface area contributed by atoms with Crippen LogP contribution in [0.4, 0.5) is 11.4 Å². The lowest BCUT2D eigenvalue weighted by Gasteiger charge is -2.29. The van der Waals surface area contributed by atoms with Crippen LogP contribution < -0.4 is 14.5 Å². The number of benzene rings is 2. The lowest BCUT2D eigenvalue weighted by molar-refractivity contribution is 0.180. The van der Waals surface area contributed by atoms with Crippen LogP contribution in [0.15, 0.2) is 48.5 Å². The molecule has 4 unspecified atom stereocenters. The van der Waals surface area contributed by atoms with Gasteiger partial charge in [0.25, 0.3) is 0 Å². The highest BCUT2D eigenvalue weighted by Crippen LogP contribution is 2.28. The van der Waals surface area contributed by atoms with Crippen LogP contribution in [0.2, 0.25) is 0 Å². The summed E-state index contributed by atoms with van der Waals surface area (Å²) in [6.07, 6.45) is -3.05. The normalized spacial score (nSPS) is 14.7. The molecule has 0 aliphatic heterocycles. The topological polar surface area (TPSA) is 96.6 Å². The van der Waals surface area contributed by atoms with Crippen LogP contribution in [0.1, 0.15) is 0 Å². The molecule has 0 saturated carbocycles. The van der Waals surface area contributed by atoms with Crippen molar-refractivity contribution in [1.82, 2.24) is 0 Å². The van der Waals surface area contributed by atoms with Crippen molar-refractivity contribution in [2.24, 2.45) is 0 Å². The molecule has 0 fully saturated rings. The Morgan fingerprint density at radius 2 is 1.00 bits per heavy atom. The number of halogens is 4. The van der Waals surface area contributed by atoms with E-state index in [0.29, 0.717) is 11.5 Å². The van der Waals surface area contributed by atoms with Gasteiger partial charge in [0.15, 0.2) is 0 Å². The second-order valence-corrected chi connectivity index (χ2v) is 9.37. The van der Waals surface area contributed by atoms with E-state index in [2.05, 4.69) is 0 Å². The molecule has 0 saturated heterocycles. The lowest BCUT2D eigenvalue weighted by Crippen LogP contribution is -2.39. The monoisotopic (exact) mass is 568 g/mol. The molecular formula is C24H32Cl4N2O5. The SMILES string of the molecule is OC(CCl)CN(CC(O)CCl)c1ccc(Oc2cccc(N(CC(O)CCl)CC(O)CCl)c2)cc1. The number of alkyl halides is 4. The summed E-state index contributed by atoms with van der Waals surface area (Å²) in [5.74, 6) is 1.42. The van der Waals surface area contributed by atoms with Gasteiger partial charge in [-0.3, -0.25) is 0 Å². The van der Waals surface area contributed by atoms with E-state index < -0.39 is 24.4 Å². The molecule has 7 nitrogen and oxygen atoms in total. The molecule has 2 rings (SSSR count). The van der Waals surface area contributed by atoms with Gasteiger partial charge in [0, 0.05) is 43.6 Å². The highest BCUT2D eigenvalue weighted by Gasteiger charge is 2.18. The summed E-state index contributed by atoms with van der Waals surface area (Å²) in [4.78, 5) is 3.62. The Balaban J connectivity index is 2.17. The summed E-state index contributed by atoms with van der Waals surface area (Å²) in [6, 6.07) is 14.5. The Kier molecular flexibility index (Phi) is 13.6. The summed E-state index contributed by atoms with van der Waals surface area (Å²) >= 11 is 23.0. The van der Waals surface area contributed by atoms with Gasteiger partial charge in [0.2, 0.25) is 0 Å². The third-order valence-corrected chi connectivity index (χ3v) is 6.48. The lowest BCUT2D eigenvalue weighted by atomic mass is 10.2. The zero-order valence-electron chi connectivity index (χ0n) is 19.2. The molecule has 0 aliphatic carbocycles. The molecule has 2 aromatic rings. The van der Waals surface area contributed by atoms with Gasteiger partial charge in [-0.05, 0) is 36.4 Å². The predicted octanol–water partition coefficient (Wildman–Crippen LogP) is 3.49. The van der Waals surface area contributed by atoms with E-state index in [4.69, 9.17) is 51.1 Å². The Hall–Kier alpha value is -1.16. The molecule has 4 N–H and O–H groups in total. The molecule has 2 aromatic carbocycles. The quantitative estimate of drug-likeness (QED) is 0.230. The standard InChI is InChI=1S/C24H32Cl4N2O5/c25-9-19(31)13-29(14-20(32)10-26)17-4-6-23(7-5-17)35-24-3-1-2-18(8-24)30(15-21(33)11-27)16-22(34)12-28/h1-8,19-22,31-34H,9-16H2. The first-order valence-corrected chi connectivity index (χ1v) is 13.3. The third-order valence-electron chi connectivity index (χ3n) is 5.06. The summed E-state index contributed by atoms with van der Waals surface area (Å²) < 4.78 is 6.01. The fourth-order valence-corrected chi connectivity index (χ4v) is 3.78. The molecule has 0 radical (unpaired) electrons. The summed E-state index contributed by atoms with van der Waals surface area (Å²) in [5, 5.41) is 40.0. The van der Waals surface area contributed by atoms with Crippen molar-refractivity contribution < 1.29 is 25.2 Å². The van der Waals surface area contributed by atoms with Crippen LogP contribution in [0.3, 0.4) is 0 Å². The van der Waals surface area contributed by atoms with Crippen molar-refractivity contribution in [2.75, 3.05) is 59.5 Å². The van der Waals surface area contributed by atoms with Crippen LogP contribution in [-0.2, 0) is 0 Å². The summed E-state index contributed by atoms with van der Waals surface area (Å²) in [7, 11) is 0. The maximum atomic E-state index is 10.0. The first kappa shape index (κ1) is 30.1. The molecule has 0 aromatic heterocycles. The number of nitrogens with zero attached hydrogens (tertiary/aromatic N) is 2. The maximum absolute atomic E-state index is 10.0. The van der Waals surface area contributed by atoms with Crippen LogP contribution in [-0.4, -0.2) is 94.5 Å². The Morgan fingerprint density at radius 1 is 0.571 bits per heavy atom. The number of aliphatic hydroxyl groups excluding tert-OH is 4. The Morgan fingerprint density at radius 3 is 1.43 bits per heavy atom. The molecule has 35 heavy (non-hydrogen) atoms. The van der Waals surface area contributed by atoms with E-state index in [9.17, 15) is 20.4 Å². The van der Waals surface area contributed by atoms with E-state index in [-0.39, 0.29) is 49.7 Å². The number of hydrogen-bond donors (Lipinski definition) is 4. The van der Waals surface area contributed by atoms with E-state index in [1.807, 2.05) is 29.2 Å². The maximum Gasteiger partial charge on any atom is 0.129 e. The molecular weight excluding hydrogens is 538 g/mol. The average Bonchev–Trinajstić information content (AvgIpc) is 2.88. The second kappa shape index (κ2) is 15.8. The van der Waals surface area contributed by atoms with E-state index in [1.165, 1.54) is 0 Å². The van der Waals surface area contributed by atoms with E-state index >= 15 is 0 Å². The van der Waals surface area contributed by atoms with Crippen LogP contribution in [0, 0.1) is 0 Å². The smallest absolute Gasteiger partial charge is 0.129 e. The number of anilines is 2. The van der Waals surface area contributed by atoms with Gasteiger partial charge in [-0.25, -0.2) is 0 Å². The summed E-state index contributed by atoms with van der Waals surface area (Å²) in [6.45, 7) is 0.956. The van der Waals surface area contributed by atoms with Gasteiger partial charge in [-0.15, -0.1) is 46.4 Å². The molecule has 0 amide bonds. The first-order valence-electron chi connectivity index (χ1n) is 11.1. The van der Waals surface area contributed by atoms with Crippen molar-refractivity contribution >= 4 is 57.8 Å². The molecule has 0 heterocycles. The number of ether oxygens (including phenoxy) is 1. The van der Waals surface area contributed by atoms with Crippen molar-refractivity contribution in [3.8, 4) is 11.5 Å². The fraction of sp³-hybridized carbons (Fsp3) is 0.500. The Bertz CT molecular complexity index is 840. The zero-order valence-corrected chi connectivity index (χ0v) is 22.2. The fourth-order valence-electron chi connectivity index (χ4n) is 3.39.